The fourth-order valence-electron chi connectivity index (χ4n) is 3.13. The third-order valence-corrected chi connectivity index (χ3v) is 4.05. The second-order valence-electron chi connectivity index (χ2n) is 5.27. The number of rotatable bonds is 1. The molecule has 1 N–H and O–H groups in total. The Bertz CT molecular complexity index is 682. The van der Waals surface area contributed by atoms with E-state index < -0.39 is 0 Å². The molecule has 2 aliphatic rings. The molecule has 0 bridgehead atoms. The maximum atomic E-state index is 12.0. The van der Waals surface area contributed by atoms with Gasteiger partial charge in [-0.1, -0.05) is 6.07 Å². The number of benzene rings is 1. The molecule has 3 heterocycles. The highest BCUT2D eigenvalue weighted by Crippen LogP contribution is 2.37. The monoisotopic (exact) mass is 265 g/mol. The largest absolute Gasteiger partial charge is 0.337 e. The second kappa shape index (κ2) is 4.34. The molecule has 0 unspecified atom stereocenters. The molecule has 100 valence electrons. The van der Waals surface area contributed by atoms with Crippen LogP contribution in [-0.4, -0.2) is 24.1 Å². The summed E-state index contributed by atoms with van der Waals surface area (Å²) in [5.74, 6) is 0. The van der Waals surface area contributed by atoms with E-state index in [0.29, 0.717) is 6.54 Å². The van der Waals surface area contributed by atoms with Crippen molar-refractivity contribution in [1.82, 2.24) is 10.3 Å². The van der Waals surface area contributed by atoms with Crippen LogP contribution in [0, 0.1) is 0 Å². The van der Waals surface area contributed by atoms with E-state index in [1.165, 1.54) is 16.7 Å². The van der Waals surface area contributed by atoms with Crippen molar-refractivity contribution in [3.05, 3.63) is 47.8 Å². The zero-order chi connectivity index (χ0) is 13.5. The van der Waals surface area contributed by atoms with Crippen LogP contribution in [0.5, 0.6) is 0 Å². The summed E-state index contributed by atoms with van der Waals surface area (Å²) >= 11 is 0. The van der Waals surface area contributed by atoms with Gasteiger partial charge in [-0.05, 0) is 47.7 Å². The minimum absolute atomic E-state index is 0.0385. The van der Waals surface area contributed by atoms with E-state index >= 15 is 0 Å². The first kappa shape index (κ1) is 11.5. The van der Waals surface area contributed by atoms with Crippen molar-refractivity contribution in [1.29, 1.82) is 0 Å². The van der Waals surface area contributed by atoms with Crippen molar-refractivity contribution in [2.45, 2.75) is 12.8 Å². The van der Waals surface area contributed by atoms with E-state index in [0.717, 1.165) is 30.6 Å². The van der Waals surface area contributed by atoms with Crippen molar-refractivity contribution in [3.8, 4) is 11.1 Å². The second-order valence-corrected chi connectivity index (χ2v) is 5.27. The maximum Gasteiger partial charge on any atom is 0.321 e. The third-order valence-electron chi connectivity index (χ3n) is 4.05. The van der Waals surface area contributed by atoms with Crippen molar-refractivity contribution in [2.24, 2.45) is 0 Å². The lowest BCUT2D eigenvalue weighted by Gasteiger charge is -2.17. The van der Waals surface area contributed by atoms with Gasteiger partial charge >= 0.3 is 6.03 Å². The van der Waals surface area contributed by atoms with Crippen molar-refractivity contribution < 1.29 is 4.79 Å². The first-order valence-corrected chi connectivity index (χ1v) is 6.94. The van der Waals surface area contributed by atoms with E-state index in [4.69, 9.17) is 0 Å². The minimum atomic E-state index is 0.0385. The average molecular weight is 265 g/mol. The summed E-state index contributed by atoms with van der Waals surface area (Å²) in [5.41, 5.74) is 6.00. The summed E-state index contributed by atoms with van der Waals surface area (Å²) in [6.07, 6.45) is 5.50. The lowest BCUT2D eigenvalue weighted by Crippen LogP contribution is -2.37. The number of aromatic nitrogens is 1. The number of urea groups is 1. The van der Waals surface area contributed by atoms with Gasteiger partial charge in [-0.3, -0.25) is 9.88 Å². The molecule has 2 aliphatic heterocycles. The number of anilines is 1. The van der Waals surface area contributed by atoms with Gasteiger partial charge in [0.15, 0.2) is 0 Å². The summed E-state index contributed by atoms with van der Waals surface area (Å²) in [6, 6.07) is 8.48. The zero-order valence-corrected chi connectivity index (χ0v) is 11.1. The summed E-state index contributed by atoms with van der Waals surface area (Å²) in [7, 11) is 0. The molecule has 0 radical (unpaired) electrons. The summed E-state index contributed by atoms with van der Waals surface area (Å²) in [6.45, 7) is 1.49. The van der Waals surface area contributed by atoms with Gasteiger partial charge in [0.2, 0.25) is 0 Å². The first-order chi connectivity index (χ1) is 9.83. The quantitative estimate of drug-likeness (QED) is 0.860. The van der Waals surface area contributed by atoms with Crippen LogP contribution in [0.4, 0.5) is 10.5 Å². The van der Waals surface area contributed by atoms with E-state index in [1.54, 1.807) is 6.20 Å². The molecule has 0 saturated carbocycles. The molecule has 4 rings (SSSR count). The standard InChI is InChI=1S/C16H15N3O/c20-16-18-6-3-11-8-14(13-2-1-5-17-10-13)9-12-4-7-19(16)15(11)12/h1-2,5,8-10H,3-4,6-7H2,(H,18,20). The van der Waals surface area contributed by atoms with Gasteiger partial charge < -0.3 is 5.32 Å². The SMILES string of the molecule is O=C1NCCc2cc(-c3cccnc3)cc3c2N1CC3. The number of nitrogens with one attached hydrogen (secondary N) is 1. The molecule has 4 nitrogen and oxygen atoms in total. The first-order valence-electron chi connectivity index (χ1n) is 6.94. The Morgan fingerprint density at radius 2 is 2.00 bits per heavy atom. The normalized spacial score (nSPS) is 16.6. The highest BCUT2D eigenvalue weighted by molar-refractivity contribution is 5.96. The summed E-state index contributed by atoms with van der Waals surface area (Å²) in [5, 5.41) is 2.96. The lowest BCUT2D eigenvalue weighted by molar-refractivity contribution is 0.247. The Labute approximate surface area is 117 Å². The molecular formula is C16H15N3O. The molecule has 1 aromatic carbocycles. The number of nitrogens with zero attached hydrogens (tertiary/aromatic N) is 2. The van der Waals surface area contributed by atoms with Crippen LogP contribution in [0.25, 0.3) is 11.1 Å². The number of carbonyl (C=O) groups excluding carboxylic acids is 1. The molecule has 0 spiro atoms. The zero-order valence-electron chi connectivity index (χ0n) is 11.1. The molecule has 2 aromatic rings. The Hall–Kier alpha value is -2.36. The molecule has 0 saturated heterocycles. The molecule has 0 fully saturated rings. The van der Waals surface area contributed by atoms with Gasteiger partial charge in [0, 0.05) is 31.0 Å². The molecule has 4 heteroatoms. The van der Waals surface area contributed by atoms with E-state index in [9.17, 15) is 4.79 Å². The summed E-state index contributed by atoms with van der Waals surface area (Å²) < 4.78 is 0. The molecular weight excluding hydrogens is 250 g/mol. The summed E-state index contributed by atoms with van der Waals surface area (Å²) in [4.78, 5) is 18.1. The number of hydrogen-bond acceptors (Lipinski definition) is 2. The van der Waals surface area contributed by atoms with Crippen LogP contribution in [0.2, 0.25) is 0 Å². The maximum absolute atomic E-state index is 12.0. The number of hydrogen-bond donors (Lipinski definition) is 1. The van der Waals surface area contributed by atoms with E-state index in [-0.39, 0.29) is 6.03 Å². The van der Waals surface area contributed by atoms with Gasteiger partial charge in [0.05, 0.1) is 5.69 Å². The third kappa shape index (κ3) is 1.68. The van der Waals surface area contributed by atoms with E-state index in [2.05, 4.69) is 28.5 Å². The molecule has 2 amide bonds. The van der Waals surface area contributed by atoms with Crippen LogP contribution in [0.15, 0.2) is 36.7 Å². The molecule has 0 atom stereocenters. The Balaban J connectivity index is 1.88. The van der Waals surface area contributed by atoms with Crippen LogP contribution in [0.3, 0.4) is 0 Å². The van der Waals surface area contributed by atoms with Crippen molar-refractivity contribution >= 4 is 11.7 Å². The van der Waals surface area contributed by atoms with Crippen molar-refractivity contribution in [2.75, 3.05) is 18.0 Å². The fraction of sp³-hybridized carbons (Fsp3) is 0.250. The number of amides is 2. The Morgan fingerprint density at radius 3 is 2.80 bits per heavy atom. The van der Waals surface area contributed by atoms with Crippen LogP contribution >= 0.6 is 0 Å². The smallest absolute Gasteiger partial charge is 0.321 e. The molecule has 20 heavy (non-hydrogen) atoms. The van der Waals surface area contributed by atoms with E-state index in [1.807, 2.05) is 17.2 Å². The molecule has 1 aromatic heterocycles. The van der Waals surface area contributed by atoms with Crippen LogP contribution in [-0.2, 0) is 12.8 Å². The van der Waals surface area contributed by atoms with Gasteiger partial charge in [-0.15, -0.1) is 0 Å². The highest BCUT2D eigenvalue weighted by Gasteiger charge is 2.29. The van der Waals surface area contributed by atoms with Crippen LogP contribution < -0.4 is 10.2 Å². The van der Waals surface area contributed by atoms with Gasteiger partial charge in [-0.25, -0.2) is 4.79 Å². The fourth-order valence-corrected chi connectivity index (χ4v) is 3.13. The average Bonchev–Trinajstić information content (AvgIpc) is 2.84. The lowest BCUT2D eigenvalue weighted by atomic mass is 9.97. The van der Waals surface area contributed by atoms with Crippen molar-refractivity contribution in [3.63, 3.8) is 0 Å². The van der Waals surface area contributed by atoms with Gasteiger partial charge in [-0.2, -0.15) is 0 Å². The Kier molecular flexibility index (Phi) is 2.49. The van der Waals surface area contributed by atoms with Gasteiger partial charge in [0.1, 0.15) is 0 Å². The minimum Gasteiger partial charge on any atom is -0.337 e. The topological polar surface area (TPSA) is 45.2 Å². The van der Waals surface area contributed by atoms with Crippen LogP contribution in [0.1, 0.15) is 11.1 Å². The predicted molar refractivity (Wildman–Crippen MR) is 77.8 cm³/mol. The predicted octanol–water partition coefficient (Wildman–Crippen LogP) is 2.38. The number of carbonyl (C=O) groups is 1. The molecule has 0 aliphatic carbocycles. The Morgan fingerprint density at radius 1 is 1.15 bits per heavy atom. The highest BCUT2D eigenvalue weighted by atomic mass is 16.2. The van der Waals surface area contributed by atoms with Gasteiger partial charge in [0.25, 0.3) is 0 Å². The number of pyridine rings is 1.